The van der Waals surface area contributed by atoms with Crippen LogP contribution in [0, 0.1) is 0 Å². The molecule has 0 atom stereocenters. The number of aromatic hydroxyl groups is 1. The predicted octanol–water partition coefficient (Wildman–Crippen LogP) is 7.92. The summed E-state index contributed by atoms with van der Waals surface area (Å²) in [5.41, 5.74) is 11.4. The van der Waals surface area contributed by atoms with Crippen LogP contribution in [0.15, 0.2) is 83.8 Å². The number of fused-ring (bicyclic) bond motifs is 3. The molecular weight excluding hydrogens is 659 g/mol. The Kier molecular flexibility index (Phi) is 12.0. The molecule has 51 heavy (non-hydrogen) atoms. The van der Waals surface area contributed by atoms with Crippen molar-refractivity contribution in [1.82, 2.24) is 0 Å². The van der Waals surface area contributed by atoms with E-state index in [2.05, 4.69) is 65.9 Å². The molecule has 264 valence electrons. The summed E-state index contributed by atoms with van der Waals surface area (Å²) in [6.07, 6.45) is 13.3. The van der Waals surface area contributed by atoms with Crippen molar-refractivity contribution in [1.29, 1.82) is 0 Å². The maximum Gasteiger partial charge on any atom is 0.314 e. The highest BCUT2D eigenvalue weighted by Gasteiger charge is 2.32. The van der Waals surface area contributed by atoms with Crippen molar-refractivity contribution in [2.75, 3.05) is 11.4 Å². The highest BCUT2D eigenvalue weighted by Crippen LogP contribution is 2.35. The van der Waals surface area contributed by atoms with E-state index < -0.39 is 11.9 Å². The summed E-state index contributed by atoms with van der Waals surface area (Å²) in [5.74, 6) is -0.123. The van der Waals surface area contributed by atoms with Crippen LogP contribution in [0.2, 0.25) is 0 Å². The van der Waals surface area contributed by atoms with Crippen molar-refractivity contribution >= 4 is 41.9 Å². The summed E-state index contributed by atoms with van der Waals surface area (Å²) in [6.45, 7) is 0.735. The molecule has 6 aliphatic rings. The second kappa shape index (κ2) is 17.0. The number of ether oxygens (including phenoxy) is 1. The number of rotatable bonds is 0. The van der Waals surface area contributed by atoms with E-state index in [0.29, 0.717) is 18.6 Å². The van der Waals surface area contributed by atoms with Gasteiger partial charge in [0.25, 0.3) is 0 Å². The number of aryl methyl sites for hydroxylation is 4. The van der Waals surface area contributed by atoms with Gasteiger partial charge in [-0.25, -0.2) is 0 Å². The molecule has 8 heteroatoms. The minimum absolute atomic E-state index is 0.0899. The van der Waals surface area contributed by atoms with E-state index in [9.17, 15) is 24.3 Å². The van der Waals surface area contributed by atoms with Crippen LogP contribution in [-0.2, 0) is 64.1 Å². The van der Waals surface area contributed by atoms with Crippen LogP contribution in [0.25, 0.3) is 0 Å². The Bertz CT molecular complexity index is 1840. The molecule has 10 rings (SSSR count). The minimum Gasteiger partial charge on any atom is -0.508 e. The fraction of sp³-hybridized carbons (Fsp3) is 0.349. The molecular formula is C43H45NO6S. The van der Waals surface area contributed by atoms with Crippen LogP contribution < -0.4 is 4.90 Å². The van der Waals surface area contributed by atoms with Crippen LogP contribution in [0.3, 0.4) is 0 Å². The number of esters is 2. The number of carbonyl (C=O) groups excluding carboxylic acids is 4. The van der Waals surface area contributed by atoms with Gasteiger partial charge in [0.15, 0.2) is 5.78 Å². The van der Waals surface area contributed by atoms with Crippen molar-refractivity contribution in [3.8, 4) is 5.75 Å². The third kappa shape index (κ3) is 8.98. The van der Waals surface area contributed by atoms with Gasteiger partial charge in [-0.2, -0.15) is 0 Å². The molecule has 1 amide bonds. The molecule has 0 bridgehead atoms. The van der Waals surface area contributed by atoms with Gasteiger partial charge in [0.2, 0.25) is 5.91 Å². The van der Waals surface area contributed by atoms with Gasteiger partial charge in [0, 0.05) is 29.8 Å². The third-order valence-corrected chi connectivity index (χ3v) is 10.6. The number of para-hydroxylation sites is 1. The number of amides is 1. The first-order chi connectivity index (χ1) is 24.8. The summed E-state index contributed by atoms with van der Waals surface area (Å²) in [7, 11) is 0. The van der Waals surface area contributed by atoms with E-state index in [0.717, 1.165) is 42.6 Å². The highest BCUT2D eigenvalue weighted by atomic mass is 32.1. The summed E-state index contributed by atoms with van der Waals surface area (Å²) >= 11 is 4.39. The fourth-order valence-electron chi connectivity index (χ4n) is 7.57. The van der Waals surface area contributed by atoms with Crippen molar-refractivity contribution in [3.05, 3.63) is 123 Å². The van der Waals surface area contributed by atoms with E-state index >= 15 is 0 Å². The van der Waals surface area contributed by atoms with Crippen LogP contribution in [0.4, 0.5) is 5.69 Å². The number of phenols is 1. The first-order valence-corrected chi connectivity index (χ1v) is 18.6. The summed E-state index contributed by atoms with van der Waals surface area (Å²) < 4.78 is 4.08. The van der Waals surface area contributed by atoms with Crippen molar-refractivity contribution in [2.45, 2.75) is 94.8 Å². The van der Waals surface area contributed by atoms with Gasteiger partial charge in [-0.3, -0.25) is 19.2 Å². The number of ketones is 1. The van der Waals surface area contributed by atoms with Gasteiger partial charge >= 0.3 is 11.9 Å². The second-order valence-electron chi connectivity index (χ2n) is 13.5. The van der Waals surface area contributed by atoms with E-state index in [-0.39, 0.29) is 24.5 Å². The molecule has 3 aliphatic heterocycles. The first-order valence-electron chi connectivity index (χ1n) is 18.1. The lowest BCUT2D eigenvalue weighted by atomic mass is 10.0. The summed E-state index contributed by atoms with van der Waals surface area (Å²) in [4.78, 5) is 46.5. The average Bonchev–Trinajstić information content (AvgIpc) is 3.98. The van der Waals surface area contributed by atoms with Gasteiger partial charge in [-0.05, 0) is 121 Å². The molecule has 1 N–H and O–H groups in total. The number of thiol groups is 1. The van der Waals surface area contributed by atoms with E-state index in [1.807, 2.05) is 24.3 Å². The number of hydrogen-bond donors (Lipinski definition) is 2. The normalized spacial score (nSPS) is 17.1. The quantitative estimate of drug-likeness (QED) is 0.110. The van der Waals surface area contributed by atoms with Crippen LogP contribution in [0.1, 0.15) is 94.2 Å². The zero-order valence-electron chi connectivity index (χ0n) is 29.0. The van der Waals surface area contributed by atoms with Gasteiger partial charge < -0.3 is 14.7 Å². The maximum atomic E-state index is 11.8. The van der Waals surface area contributed by atoms with Crippen LogP contribution in [-0.4, -0.2) is 35.3 Å². The lowest BCUT2D eigenvalue weighted by molar-refractivity contribution is -0.152. The lowest BCUT2D eigenvalue weighted by Crippen LogP contribution is -2.27. The largest absolute Gasteiger partial charge is 0.508 e. The Hall–Kier alpha value is -4.69. The number of anilines is 1. The maximum absolute atomic E-state index is 11.8. The molecule has 1 fully saturated rings. The Morgan fingerprint density at radius 3 is 1.71 bits per heavy atom. The number of benzene rings is 4. The number of phenolic OH excluding ortho intramolecular Hbond substituents is 1. The molecule has 0 aromatic heterocycles. The smallest absolute Gasteiger partial charge is 0.314 e. The van der Waals surface area contributed by atoms with E-state index in [1.54, 1.807) is 22.1 Å². The topological polar surface area (TPSA) is 101 Å². The molecule has 1 saturated heterocycles. The molecule has 4 aromatic carbocycles. The fourth-order valence-corrected chi connectivity index (χ4v) is 7.91. The van der Waals surface area contributed by atoms with Crippen molar-refractivity contribution in [3.63, 3.8) is 0 Å². The van der Waals surface area contributed by atoms with Gasteiger partial charge in [-0.15, -0.1) is 12.6 Å². The minimum atomic E-state index is -0.398. The van der Waals surface area contributed by atoms with Crippen molar-refractivity contribution < 1.29 is 29.0 Å². The van der Waals surface area contributed by atoms with E-state index in [1.165, 1.54) is 72.1 Å². The SMILES string of the molecule is O=C1CCC(=O)N2CCc3cccc1c32.O=C1CCC(=O)O1.Oc1cccc2c1CCC2.Sc1cccc2c1CCC2.c1ccc2c(c1)CCC2. The number of carbonyl (C=O) groups is 4. The molecule has 0 saturated carbocycles. The van der Waals surface area contributed by atoms with Gasteiger partial charge in [0.05, 0.1) is 18.5 Å². The van der Waals surface area contributed by atoms with Gasteiger partial charge in [0.1, 0.15) is 5.75 Å². The molecule has 0 radical (unpaired) electrons. The molecule has 3 heterocycles. The van der Waals surface area contributed by atoms with Crippen molar-refractivity contribution in [2.24, 2.45) is 0 Å². The summed E-state index contributed by atoms with van der Waals surface area (Å²) in [5, 5.41) is 9.33. The molecule has 4 aromatic rings. The summed E-state index contributed by atoms with van der Waals surface area (Å²) in [6, 6.07) is 26.6. The van der Waals surface area contributed by atoms with Crippen LogP contribution >= 0.6 is 12.6 Å². The Labute approximate surface area is 305 Å². The van der Waals surface area contributed by atoms with Crippen LogP contribution in [0.5, 0.6) is 5.75 Å². The monoisotopic (exact) mass is 703 g/mol. The lowest BCUT2D eigenvalue weighted by Gasteiger charge is -2.15. The third-order valence-electron chi connectivity index (χ3n) is 10.2. The molecule has 7 nitrogen and oxygen atoms in total. The first kappa shape index (κ1) is 36.1. The molecule has 3 aliphatic carbocycles. The van der Waals surface area contributed by atoms with E-state index in [4.69, 9.17) is 0 Å². The molecule has 0 spiro atoms. The molecule has 0 unspecified atom stereocenters. The Morgan fingerprint density at radius 1 is 0.529 bits per heavy atom. The second-order valence-corrected chi connectivity index (χ2v) is 14.0. The Morgan fingerprint density at radius 2 is 1.08 bits per heavy atom. The number of cyclic esters (lactones) is 2. The predicted molar refractivity (Wildman–Crippen MR) is 201 cm³/mol. The zero-order valence-corrected chi connectivity index (χ0v) is 29.9. The Balaban J connectivity index is 0.000000112. The number of hydrogen-bond acceptors (Lipinski definition) is 7. The highest BCUT2D eigenvalue weighted by molar-refractivity contribution is 7.80. The number of Topliss-reactive ketones (excluding diaryl/α,β-unsaturated/α-hetero) is 1. The average molecular weight is 704 g/mol. The standard InChI is InChI=1S/C12H11NO2.C9H10O.C9H10S.C9H10.C4H4O3/c14-10-4-5-11(15)13-7-6-8-2-1-3-9(10)12(8)13;2*10-9-6-2-4-7-3-1-5-8(7)9;1-2-5-9-7-3-6-8(9)4-1;5-3-1-2-4(6)7-3/h1-3H,4-7H2;2*2,4,6,10H,1,3,5H2;1-2,4-5H,3,6-7H2;1-2H2. The number of nitrogens with zero attached hydrogens (tertiary/aromatic N) is 1. The zero-order chi connectivity index (χ0) is 35.7. The van der Waals surface area contributed by atoms with Gasteiger partial charge in [-0.1, -0.05) is 60.7 Å².